The van der Waals surface area contributed by atoms with Gasteiger partial charge in [0.05, 0.1) is 18.5 Å². The standard InChI is InChI=1S/C11H20N4O/c1-8(2)16-10-6-13-5-9(14-10)15-11(3,4)7-12/h5-6,8H,7,12H2,1-4H3,(H,14,15). The lowest BCUT2D eigenvalue weighted by atomic mass is 10.1. The topological polar surface area (TPSA) is 73.1 Å². The molecular formula is C11H20N4O. The Morgan fingerprint density at radius 1 is 1.44 bits per heavy atom. The van der Waals surface area contributed by atoms with Crippen molar-refractivity contribution in [2.24, 2.45) is 5.73 Å². The molecule has 1 aromatic rings. The predicted molar refractivity (Wildman–Crippen MR) is 64.6 cm³/mol. The summed E-state index contributed by atoms with van der Waals surface area (Å²) >= 11 is 0. The van der Waals surface area contributed by atoms with E-state index in [1.54, 1.807) is 12.4 Å². The fraction of sp³-hybridized carbons (Fsp3) is 0.636. The molecule has 0 amide bonds. The zero-order chi connectivity index (χ0) is 12.2. The van der Waals surface area contributed by atoms with Gasteiger partial charge in [0.1, 0.15) is 5.82 Å². The summed E-state index contributed by atoms with van der Waals surface area (Å²) in [4.78, 5) is 8.36. The maximum atomic E-state index is 5.63. The van der Waals surface area contributed by atoms with Crippen molar-refractivity contribution in [2.45, 2.75) is 39.3 Å². The third-order valence-corrected chi connectivity index (χ3v) is 1.95. The largest absolute Gasteiger partial charge is 0.474 e. The van der Waals surface area contributed by atoms with Crippen molar-refractivity contribution in [3.05, 3.63) is 12.4 Å². The lowest BCUT2D eigenvalue weighted by Gasteiger charge is -2.24. The molecule has 0 unspecified atom stereocenters. The third-order valence-electron chi connectivity index (χ3n) is 1.95. The van der Waals surface area contributed by atoms with Gasteiger partial charge in [-0.3, -0.25) is 4.98 Å². The summed E-state index contributed by atoms with van der Waals surface area (Å²) in [5.41, 5.74) is 5.43. The van der Waals surface area contributed by atoms with Gasteiger partial charge in [0.2, 0.25) is 5.88 Å². The van der Waals surface area contributed by atoms with Crippen LogP contribution < -0.4 is 15.8 Å². The van der Waals surface area contributed by atoms with Crippen LogP contribution in [0.3, 0.4) is 0 Å². The molecule has 1 aromatic heterocycles. The Balaban J connectivity index is 2.74. The fourth-order valence-electron chi connectivity index (χ4n) is 1.10. The zero-order valence-corrected chi connectivity index (χ0v) is 10.3. The molecule has 0 aromatic carbocycles. The van der Waals surface area contributed by atoms with E-state index in [0.717, 1.165) is 0 Å². The summed E-state index contributed by atoms with van der Waals surface area (Å²) in [6.45, 7) is 8.43. The molecular weight excluding hydrogens is 204 g/mol. The fourth-order valence-corrected chi connectivity index (χ4v) is 1.10. The van der Waals surface area contributed by atoms with Crippen molar-refractivity contribution < 1.29 is 4.74 Å². The van der Waals surface area contributed by atoms with Gasteiger partial charge >= 0.3 is 0 Å². The average molecular weight is 224 g/mol. The number of nitrogens with zero attached hydrogens (tertiary/aromatic N) is 2. The average Bonchev–Trinajstić information content (AvgIpc) is 2.16. The van der Waals surface area contributed by atoms with Gasteiger partial charge in [-0.05, 0) is 27.7 Å². The number of rotatable bonds is 5. The third kappa shape index (κ3) is 4.02. The summed E-state index contributed by atoms with van der Waals surface area (Å²) in [5.74, 6) is 1.20. The first-order chi connectivity index (χ1) is 7.43. The first-order valence-corrected chi connectivity index (χ1v) is 5.40. The summed E-state index contributed by atoms with van der Waals surface area (Å²) in [7, 11) is 0. The van der Waals surface area contributed by atoms with Crippen molar-refractivity contribution in [2.75, 3.05) is 11.9 Å². The van der Waals surface area contributed by atoms with Crippen LogP contribution in [0, 0.1) is 0 Å². The highest BCUT2D eigenvalue weighted by Gasteiger charge is 2.15. The predicted octanol–water partition coefficient (Wildman–Crippen LogP) is 1.41. The van der Waals surface area contributed by atoms with Crippen molar-refractivity contribution in [1.29, 1.82) is 0 Å². The molecule has 0 atom stereocenters. The van der Waals surface area contributed by atoms with Crippen LogP contribution >= 0.6 is 0 Å². The van der Waals surface area contributed by atoms with Crippen molar-refractivity contribution in [1.82, 2.24) is 9.97 Å². The van der Waals surface area contributed by atoms with E-state index in [4.69, 9.17) is 10.5 Å². The van der Waals surface area contributed by atoms with E-state index in [0.29, 0.717) is 18.2 Å². The molecule has 16 heavy (non-hydrogen) atoms. The van der Waals surface area contributed by atoms with E-state index in [1.165, 1.54) is 0 Å². The smallest absolute Gasteiger partial charge is 0.234 e. The van der Waals surface area contributed by atoms with Crippen LogP contribution in [0.25, 0.3) is 0 Å². The van der Waals surface area contributed by atoms with Gasteiger partial charge in [-0.1, -0.05) is 0 Å². The molecule has 1 rings (SSSR count). The Morgan fingerprint density at radius 3 is 2.69 bits per heavy atom. The number of aromatic nitrogens is 2. The first-order valence-electron chi connectivity index (χ1n) is 5.40. The molecule has 90 valence electrons. The van der Waals surface area contributed by atoms with E-state index in [-0.39, 0.29) is 11.6 Å². The number of nitrogens with one attached hydrogen (secondary N) is 1. The Kier molecular flexibility index (Phi) is 4.06. The van der Waals surface area contributed by atoms with Crippen LogP contribution in [-0.4, -0.2) is 28.2 Å². The van der Waals surface area contributed by atoms with Gasteiger partial charge in [-0.15, -0.1) is 0 Å². The molecule has 5 nitrogen and oxygen atoms in total. The molecule has 0 fully saturated rings. The first kappa shape index (κ1) is 12.7. The second-order valence-corrected chi connectivity index (χ2v) is 4.62. The summed E-state index contributed by atoms with van der Waals surface area (Å²) in [5, 5.41) is 3.20. The molecule has 0 aliphatic heterocycles. The van der Waals surface area contributed by atoms with E-state index < -0.39 is 0 Å². The molecule has 0 spiro atoms. The Labute approximate surface area is 96.4 Å². The Hall–Kier alpha value is -1.36. The van der Waals surface area contributed by atoms with Crippen molar-refractivity contribution >= 4 is 5.82 Å². The molecule has 0 aliphatic carbocycles. The molecule has 0 saturated heterocycles. The maximum Gasteiger partial charge on any atom is 0.234 e. The minimum Gasteiger partial charge on any atom is -0.474 e. The van der Waals surface area contributed by atoms with Crippen LogP contribution in [0.15, 0.2) is 12.4 Å². The van der Waals surface area contributed by atoms with Crippen LogP contribution in [0.4, 0.5) is 5.82 Å². The lowest BCUT2D eigenvalue weighted by molar-refractivity contribution is 0.232. The van der Waals surface area contributed by atoms with Crippen molar-refractivity contribution in [3.8, 4) is 5.88 Å². The molecule has 5 heteroatoms. The van der Waals surface area contributed by atoms with E-state index in [2.05, 4.69) is 15.3 Å². The number of hydrogen-bond donors (Lipinski definition) is 2. The number of anilines is 1. The Morgan fingerprint density at radius 2 is 2.12 bits per heavy atom. The van der Waals surface area contributed by atoms with Gasteiger partial charge < -0.3 is 15.8 Å². The number of nitrogens with two attached hydrogens (primary N) is 1. The minimum atomic E-state index is -0.203. The molecule has 0 radical (unpaired) electrons. The molecule has 0 aliphatic rings. The molecule has 3 N–H and O–H groups in total. The Bertz CT molecular complexity index is 339. The van der Waals surface area contributed by atoms with E-state index in [9.17, 15) is 0 Å². The maximum absolute atomic E-state index is 5.63. The summed E-state index contributed by atoms with van der Waals surface area (Å²) < 4.78 is 5.46. The van der Waals surface area contributed by atoms with Crippen LogP contribution in [0.1, 0.15) is 27.7 Å². The van der Waals surface area contributed by atoms with Crippen molar-refractivity contribution in [3.63, 3.8) is 0 Å². The summed E-state index contributed by atoms with van der Waals surface area (Å²) in [6, 6.07) is 0. The van der Waals surface area contributed by atoms with Gasteiger partial charge in [0, 0.05) is 12.1 Å². The highest BCUT2D eigenvalue weighted by atomic mass is 16.5. The molecule has 0 saturated carbocycles. The SMILES string of the molecule is CC(C)Oc1cncc(NC(C)(C)CN)n1. The highest BCUT2D eigenvalue weighted by Crippen LogP contribution is 2.14. The van der Waals surface area contributed by atoms with Crippen LogP contribution in [0.2, 0.25) is 0 Å². The number of ether oxygens (including phenoxy) is 1. The van der Waals surface area contributed by atoms with Gasteiger partial charge in [-0.2, -0.15) is 4.98 Å². The number of hydrogen-bond acceptors (Lipinski definition) is 5. The van der Waals surface area contributed by atoms with Crippen LogP contribution in [-0.2, 0) is 0 Å². The van der Waals surface area contributed by atoms with Gasteiger partial charge in [0.25, 0.3) is 0 Å². The second-order valence-electron chi connectivity index (χ2n) is 4.62. The normalized spacial score (nSPS) is 11.6. The second kappa shape index (κ2) is 5.12. The minimum absolute atomic E-state index is 0.0899. The lowest BCUT2D eigenvalue weighted by Crippen LogP contribution is -2.39. The summed E-state index contributed by atoms with van der Waals surface area (Å²) in [6.07, 6.45) is 3.35. The zero-order valence-electron chi connectivity index (χ0n) is 10.3. The monoisotopic (exact) mass is 224 g/mol. The van der Waals surface area contributed by atoms with Gasteiger partial charge in [0.15, 0.2) is 0 Å². The van der Waals surface area contributed by atoms with Crippen LogP contribution in [0.5, 0.6) is 5.88 Å². The molecule has 1 heterocycles. The van der Waals surface area contributed by atoms with E-state index in [1.807, 2.05) is 27.7 Å². The van der Waals surface area contributed by atoms with Gasteiger partial charge in [-0.25, -0.2) is 0 Å². The van der Waals surface area contributed by atoms with E-state index >= 15 is 0 Å². The highest BCUT2D eigenvalue weighted by molar-refractivity contribution is 5.36. The quantitative estimate of drug-likeness (QED) is 0.791. The molecule has 0 bridgehead atoms.